The fourth-order valence-corrected chi connectivity index (χ4v) is 17.0. The van der Waals surface area contributed by atoms with Crippen LogP contribution in [0.25, 0.3) is 55.3 Å². The van der Waals surface area contributed by atoms with Crippen LogP contribution in [-0.2, 0) is 5.41 Å². The topological polar surface area (TPSA) is 3.24 Å². The summed E-state index contributed by atoms with van der Waals surface area (Å²) >= 11 is 0. The van der Waals surface area contributed by atoms with Gasteiger partial charge in [-0.3, -0.25) is 0 Å². The van der Waals surface area contributed by atoms with Gasteiger partial charge >= 0.3 is 0 Å². The van der Waals surface area contributed by atoms with Crippen LogP contribution < -0.4 is 25.6 Å². The monoisotopic (exact) mass is 881 g/mol. The van der Waals surface area contributed by atoms with E-state index in [1.807, 2.05) is 0 Å². The van der Waals surface area contributed by atoms with E-state index in [2.05, 4.69) is 279 Å². The zero-order chi connectivity index (χ0) is 45.2. The van der Waals surface area contributed by atoms with Crippen molar-refractivity contribution < 1.29 is 0 Å². The number of anilines is 3. The van der Waals surface area contributed by atoms with Gasteiger partial charge in [0.1, 0.15) is 0 Å². The molecule has 0 unspecified atom stereocenters. The second-order valence-electron chi connectivity index (χ2n) is 18.5. The van der Waals surface area contributed by atoms with Crippen molar-refractivity contribution in [2.45, 2.75) is 12.3 Å². The number of rotatable bonds is 8. The molecule has 1 aliphatic carbocycles. The minimum Gasteiger partial charge on any atom is -0.310 e. The van der Waals surface area contributed by atoms with Crippen LogP contribution in [0.1, 0.15) is 23.6 Å². The molecule has 0 radical (unpaired) electrons. The van der Waals surface area contributed by atoms with E-state index in [0.29, 0.717) is 0 Å². The van der Waals surface area contributed by atoms with Crippen molar-refractivity contribution in [1.29, 1.82) is 0 Å². The van der Waals surface area contributed by atoms with Crippen LogP contribution in [0.3, 0.4) is 0 Å². The molecule has 0 atom stereocenters. The Hall–Kier alpha value is -8.30. The molecule has 11 aromatic carbocycles. The molecule has 0 fully saturated rings. The minimum atomic E-state index is -2.63. The Balaban J connectivity index is 0.927. The Labute approximate surface area is 399 Å². The third kappa shape index (κ3) is 6.15. The molecule has 1 aliphatic heterocycles. The normalized spacial score (nSPS) is 13.6. The van der Waals surface area contributed by atoms with Crippen LogP contribution >= 0.6 is 0 Å². The Bertz CT molecular complexity index is 3610. The zero-order valence-corrected chi connectivity index (χ0v) is 38.9. The number of fused-ring (bicyclic) bond motifs is 7. The van der Waals surface area contributed by atoms with Gasteiger partial charge in [-0.1, -0.05) is 224 Å². The molecule has 0 spiro atoms. The number of hydrogen-bond acceptors (Lipinski definition) is 1. The van der Waals surface area contributed by atoms with Gasteiger partial charge in [0.25, 0.3) is 0 Å². The third-order valence-corrected chi connectivity index (χ3v) is 19.9. The molecule has 2 heteroatoms. The van der Waals surface area contributed by atoms with Gasteiger partial charge in [-0.15, -0.1) is 0 Å². The second kappa shape index (κ2) is 15.9. The van der Waals surface area contributed by atoms with Gasteiger partial charge in [-0.05, 0) is 142 Å². The van der Waals surface area contributed by atoms with Crippen molar-refractivity contribution in [3.8, 4) is 44.5 Å². The van der Waals surface area contributed by atoms with E-state index in [9.17, 15) is 0 Å². The van der Waals surface area contributed by atoms with Crippen molar-refractivity contribution in [2.75, 3.05) is 4.90 Å². The third-order valence-electron chi connectivity index (χ3n) is 15.0. The van der Waals surface area contributed by atoms with Gasteiger partial charge in [-0.25, -0.2) is 0 Å². The summed E-state index contributed by atoms with van der Waals surface area (Å²) in [5.74, 6) is 0. The average Bonchev–Trinajstić information content (AvgIpc) is 3.87. The van der Waals surface area contributed by atoms with Crippen LogP contribution in [0.4, 0.5) is 17.1 Å². The molecular weight excluding hydrogens is 835 g/mol. The average molecular weight is 882 g/mol. The fraction of sp³-hybridized carbons (Fsp3) is 0.0303. The smallest absolute Gasteiger partial charge is 0.180 e. The molecule has 320 valence electrons. The van der Waals surface area contributed by atoms with Crippen LogP contribution in [0.5, 0.6) is 0 Å². The largest absolute Gasteiger partial charge is 0.310 e. The predicted molar refractivity (Wildman–Crippen MR) is 290 cm³/mol. The highest BCUT2D eigenvalue weighted by atomic mass is 28.3. The molecule has 0 saturated heterocycles. The molecule has 68 heavy (non-hydrogen) atoms. The second-order valence-corrected chi connectivity index (χ2v) is 22.3. The summed E-state index contributed by atoms with van der Waals surface area (Å²) in [6.07, 6.45) is 0. The van der Waals surface area contributed by atoms with Crippen molar-refractivity contribution in [2.24, 2.45) is 0 Å². The van der Waals surface area contributed by atoms with Gasteiger partial charge in [0.15, 0.2) is 8.07 Å². The summed E-state index contributed by atoms with van der Waals surface area (Å²) in [6.45, 7) is 2.40. The number of hydrogen-bond donors (Lipinski definition) is 0. The Morgan fingerprint density at radius 1 is 0.309 bits per heavy atom. The first-order valence-electron chi connectivity index (χ1n) is 23.7. The Kier molecular flexibility index (Phi) is 9.38. The summed E-state index contributed by atoms with van der Waals surface area (Å²) in [6, 6.07) is 99.7. The number of benzene rings is 11. The lowest BCUT2D eigenvalue weighted by atomic mass is 9.74. The molecule has 0 bridgehead atoms. The summed E-state index contributed by atoms with van der Waals surface area (Å²) in [7, 11) is -2.63. The predicted octanol–water partition coefficient (Wildman–Crippen LogP) is 14.3. The highest BCUT2D eigenvalue weighted by molar-refractivity contribution is 7.22. The van der Waals surface area contributed by atoms with Crippen molar-refractivity contribution >= 4 is 56.7 Å². The van der Waals surface area contributed by atoms with Gasteiger partial charge in [0.2, 0.25) is 0 Å². The SMILES string of the molecule is CC1(c2cccc(N(c3ccc(-c4cccc([Si]5(c6ccccc6)c6ccccc6-c6ccccc65)c4)cc3)c3ccc(-c4ccc5ccccc5c4)cc3)c2)c2ccccc2-c2ccccc21. The standard InChI is InChI=1S/C66H47NSi/c1-66(62-29-11-7-25-58(62)59-26-8-12-30-63(59)66)52-20-16-21-55(45-52)67(54-41-37-48(38-42-54)51-34-33-46-17-5-6-18-49(46)43-51)53-39-35-47(36-40-53)50-19-15-24-57(44-50)68(56-22-3-2-4-23-56)64-31-13-9-27-60(64)61-28-10-14-32-65(61)68/h2-45H,1H3. The molecule has 1 nitrogen and oxygen atoms in total. The first-order chi connectivity index (χ1) is 33.6. The highest BCUT2D eigenvalue weighted by Crippen LogP contribution is 2.53. The first kappa shape index (κ1) is 40.0. The van der Waals surface area contributed by atoms with Gasteiger partial charge in [0, 0.05) is 22.5 Å². The van der Waals surface area contributed by atoms with Crippen LogP contribution in [0.2, 0.25) is 0 Å². The lowest BCUT2D eigenvalue weighted by Gasteiger charge is -2.32. The van der Waals surface area contributed by atoms with Gasteiger partial charge in [0.05, 0.1) is 0 Å². The molecule has 0 aromatic heterocycles. The van der Waals surface area contributed by atoms with Gasteiger partial charge in [-0.2, -0.15) is 0 Å². The molecule has 0 N–H and O–H groups in total. The first-order valence-corrected chi connectivity index (χ1v) is 25.7. The zero-order valence-electron chi connectivity index (χ0n) is 37.9. The summed E-state index contributed by atoms with van der Waals surface area (Å²) < 4.78 is 0. The van der Waals surface area contributed by atoms with Crippen LogP contribution in [0, 0.1) is 0 Å². The van der Waals surface area contributed by atoms with Crippen LogP contribution in [0.15, 0.2) is 267 Å². The van der Waals surface area contributed by atoms with E-state index in [-0.39, 0.29) is 5.41 Å². The minimum absolute atomic E-state index is 0.315. The maximum absolute atomic E-state index is 2.63. The summed E-state index contributed by atoms with van der Waals surface area (Å²) in [5.41, 5.74) is 17.1. The molecule has 11 aromatic rings. The molecule has 0 saturated carbocycles. The van der Waals surface area contributed by atoms with Crippen molar-refractivity contribution in [3.05, 3.63) is 284 Å². The van der Waals surface area contributed by atoms with E-state index < -0.39 is 8.07 Å². The summed E-state index contributed by atoms with van der Waals surface area (Å²) in [4.78, 5) is 2.42. The van der Waals surface area contributed by atoms with E-state index >= 15 is 0 Å². The van der Waals surface area contributed by atoms with E-state index in [0.717, 1.165) is 17.1 Å². The maximum Gasteiger partial charge on any atom is 0.180 e. The molecule has 13 rings (SSSR count). The Morgan fingerprint density at radius 2 is 0.794 bits per heavy atom. The van der Waals surface area contributed by atoms with E-state index in [4.69, 9.17) is 0 Å². The van der Waals surface area contributed by atoms with E-state index in [1.54, 1.807) is 0 Å². The molecule has 0 amide bonds. The van der Waals surface area contributed by atoms with Gasteiger partial charge < -0.3 is 4.90 Å². The number of nitrogens with zero attached hydrogens (tertiary/aromatic N) is 1. The van der Waals surface area contributed by atoms with E-state index in [1.165, 1.54) is 92.7 Å². The van der Waals surface area contributed by atoms with Crippen molar-refractivity contribution in [1.82, 2.24) is 0 Å². The lowest BCUT2D eigenvalue weighted by molar-refractivity contribution is 0.714. The lowest BCUT2D eigenvalue weighted by Crippen LogP contribution is -2.72. The Morgan fingerprint density at radius 3 is 1.43 bits per heavy atom. The molecular formula is C66H47NSi. The summed E-state index contributed by atoms with van der Waals surface area (Å²) in [5, 5.41) is 8.23. The molecule has 2 aliphatic rings. The fourth-order valence-electron chi connectivity index (χ4n) is 11.8. The van der Waals surface area contributed by atoms with Crippen LogP contribution in [-0.4, -0.2) is 8.07 Å². The van der Waals surface area contributed by atoms with Crippen molar-refractivity contribution in [3.63, 3.8) is 0 Å². The highest BCUT2D eigenvalue weighted by Gasteiger charge is 2.48. The molecule has 1 heterocycles. The maximum atomic E-state index is 2.48. The quantitative estimate of drug-likeness (QED) is 0.137.